The molecule has 0 aromatic carbocycles. The van der Waals surface area contributed by atoms with Crippen LogP contribution in [0.3, 0.4) is 0 Å². The summed E-state index contributed by atoms with van der Waals surface area (Å²) in [6.45, 7) is 2.29. The van der Waals surface area contributed by atoms with Crippen molar-refractivity contribution in [2.75, 3.05) is 41.3 Å². The average molecular weight is 255 g/mol. The van der Waals surface area contributed by atoms with Gasteiger partial charge in [-0.1, -0.05) is 14.9 Å². The van der Waals surface area contributed by atoms with Gasteiger partial charge < -0.3 is 9.80 Å². The molecule has 0 saturated carbocycles. The van der Waals surface area contributed by atoms with Crippen LogP contribution in [0.15, 0.2) is 0 Å². The molecule has 0 aliphatic rings. The molecule has 3 heteroatoms. The van der Waals surface area contributed by atoms with E-state index in [0.29, 0.717) is 0 Å². The van der Waals surface area contributed by atoms with Crippen LogP contribution in [0.2, 0.25) is 0 Å². The van der Waals surface area contributed by atoms with Crippen LogP contribution in [-0.4, -0.2) is 51.1 Å². The fourth-order valence-corrected chi connectivity index (χ4v) is 0.400. The largest absolute Gasteiger partial charge is 0.308 e. The molecule has 0 heterocycles. The second kappa shape index (κ2) is 13.2. The molecule has 0 fully saturated rings. The maximum atomic E-state index is 2.18. The van der Waals surface area contributed by atoms with Gasteiger partial charge in [-0.2, -0.15) is 0 Å². The minimum atomic E-state index is 0. The Bertz CT molecular complexity index is 48.1. The molecule has 0 aliphatic heterocycles. The van der Waals surface area contributed by atoms with Crippen LogP contribution in [0.25, 0.3) is 0 Å². The van der Waals surface area contributed by atoms with E-state index in [1.54, 1.807) is 0 Å². The van der Waals surface area contributed by atoms with Gasteiger partial charge in [0, 0.05) is 33.5 Å². The molecule has 0 aromatic heterocycles. The quantitative estimate of drug-likeness (QED) is 0.702. The Morgan fingerprint density at radius 3 is 1.00 bits per heavy atom. The topological polar surface area (TPSA) is 6.48 Å². The molecule has 0 spiro atoms. The smallest absolute Gasteiger partial charge is 0.0103 e. The Morgan fingerprint density at radius 2 is 0.909 bits per heavy atom. The van der Waals surface area contributed by atoms with Gasteiger partial charge in [0.25, 0.3) is 0 Å². The SMILES string of the molecule is C.C.CN(C)CCN(C)C.[Pd]. The van der Waals surface area contributed by atoms with E-state index in [-0.39, 0.29) is 35.3 Å². The van der Waals surface area contributed by atoms with E-state index >= 15 is 0 Å². The van der Waals surface area contributed by atoms with Crippen molar-refractivity contribution < 1.29 is 20.4 Å². The number of hydrogen-bond acceptors (Lipinski definition) is 2. The molecular weight excluding hydrogens is 231 g/mol. The van der Waals surface area contributed by atoms with E-state index in [9.17, 15) is 0 Å². The molecule has 0 radical (unpaired) electrons. The summed E-state index contributed by atoms with van der Waals surface area (Å²) in [6.07, 6.45) is 0. The van der Waals surface area contributed by atoms with E-state index < -0.39 is 0 Å². The monoisotopic (exact) mass is 254 g/mol. The van der Waals surface area contributed by atoms with Crippen LogP contribution in [0.4, 0.5) is 0 Å². The Hall–Kier alpha value is 0.582. The Morgan fingerprint density at radius 1 is 0.727 bits per heavy atom. The molecule has 11 heavy (non-hydrogen) atoms. The minimum Gasteiger partial charge on any atom is -0.308 e. The van der Waals surface area contributed by atoms with Crippen LogP contribution < -0.4 is 0 Å². The minimum absolute atomic E-state index is 0. The maximum absolute atomic E-state index is 2.18. The third kappa shape index (κ3) is 25.0. The van der Waals surface area contributed by atoms with Gasteiger partial charge in [0.2, 0.25) is 0 Å². The van der Waals surface area contributed by atoms with Crippen molar-refractivity contribution >= 4 is 0 Å². The summed E-state index contributed by atoms with van der Waals surface area (Å²) in [5.74, 6) is 0. The van der Waals surface area contributed by atoms with Gasteiger partial charge in [-0.15, -0.1) is 0 Å². The third-order valence-corrected chi connectivity index (χ3v) is 0.994. The van der Waals surface area contributed by atoms with Crippen molar-refractivity contribution in [3.05, 3.63) is 0 Å². The zero-order valence-corrected chi connectivity index (χ0v) is 8.18. The van der Waals surface area contributed by atoms with Gasteiger partial charge in [0.05, 0.1) is 0 Å². The van der Waals surface area contributed by atoms with E-state index in [1.165, 1.54) is 0 Å². The van der Waals surface area contributed by atoms with Crippen molar-refractivity contribution in [3.8, 4) is 0 Å². The van der Waals surface area contributed by atoms with Crippen LogP contribution in [0, 0.1) is 0 Å². The summed E-state index contributed by atoms with van der Waals surface area (Å²) < 4.78 is 0. The summed E-state index contributed by atoms with van der Waals surface area (Å²) in [7, 11) is 8.35. The predicted octanol–water partition coefficient (Wildman–Crippen LogP) is 1.38. The van der Waals surface area contributed by atoms with Gasteiger partial charge in [-0.05, 0) is 28.2 Å². The Balaban J connectivity index is -0.0000000817. The first-order valence-corrected chi connectivity index (χ1v) is 2.92. The standard InChI is InChI=1S/C6H16N2.2CH4.Pd/c1-7(2)5-6-8(3)4;;;/h5-6H2,1-4H3;2*1H4;. The molecule has 0 rings (SSSR count). The van der Waals surface area contributed by atoms with Gasteiger partial charge in [-0.25, -0.2) is 0 Å². The van der Waals surface area contributed by atoms with E-state index in [0.717, 1.165) is 13.1 Å². The molecule has 2 nitrogen and oxygen atoms in total. The summed E-state index contributed by atoms with van der Waals surface area (Å²) >= 11 is 0. The molecule has 76 valence electrons. The zero-order chi connectivity index (χ0) is 6.57. The molecule has 0 unspecified atom stereocenters. The van der Waals surface area contributed by atoms with Crippen LogP contribution >= 0.6 is 0 Å². The maximum Gasteiger partial charge on any atom is 0.0103 e. The molecule has 0 bridgehead atoms. The first-order chi connectivity index (χ1) is 3.63. The fourth-order valence-electron chi connectivity index (χ4n) is 0.400. The fraction of sp³-hybridized carbons (Fsp3) is 1.00. The Kier molecular flexibility index (Phi) is 27.1. The zero-order valence-electron chi connectivity index (χ0n) is 6.62. The second-order valence-corrected chi connectivity index (χ2v) is 2.61. The van der Waals surface area contributed by atoms with Crippen LogP contribution in [0.1, 0.15) is 14.9 Å². The first kappa shape index (κ1) is 22.6. The second-order valence-electron chi connectivity index (χ2n) is 2.61. The van der Waals surface area contributed by atoms with Gasteiger partial charge in [-0.3, -0.25) is 0 Å². The van der Waals surface area contributed by atoms with E-state index in [1.807, 2.05) is 0 Å². The number of likely N-dealkylation sites (N-methyl/N-ethyl adjacent to an activating group) is 2. The van der Waals surface area contributed by atoms with Crippen LogP contribution in [-0.2, 0) is 20.4 Å². The van der Waals surface area contributed by atoms with Crippen LogP contribution in [0.5, 0.6) is 0 Å². The van der Waals surface area contributed by atoms with Gasteiger partial charge in [0.15, 0.2) is 0 Å². The van der Waals surface area contributed by atoms with Gasteiger partial charge in [0.1, 0.15) is 0 Å². The molecule has 0 saturated heterocycles. The van der Waals surface area contributed by atoms with Crippen molar-refractivity contribution in [2.45, 2.75) is 14.9 Å². The normalized spacial score (nSPS) is 8.18. The number of rotatable bonds is 3. The molecule has 0 aliphatic carbocycles. The third-order valence-electron chi connectivity index (χ3n) is 0.994. The van der Waals surface area contributed by atoms with E-state index in [4.69, 9.17) is 0 Å². The van der Waals surface area contributed by atoms with Crippen molar-refractivity contribution in [3.63, 3.8) is 0 Å². The summed E-state index contributed by atoms with van der Waals surface area (Å²) in [5.41, 5.74) is 0. The number of hydrogen-bond donors (Lipinski definition) is 0. The summed E-state index contributed by atoms with van der Waals surface area (Å²) in [4.78, 5) is 4.36. The molecule has 0 amide bonds. The number of nitrogens with zero attached hydrogens (tertiary/aromatic N) is 2. The first-order valence-electron chi connectivity index (χ1n) is 2.92. The summed E-state index contributed by atoms with van der Waals surface area (Å²) in [6, 6.07) is 0. The molecular formula is C8H24N2Pd. The predicted molar refractivity (Wildman–Crippen MR) is 50.6 cm³/mol. The summed E-state index contributed by atoms with van der Waals surface area (Å²) in [5, 5.41) is 0. The molecule has 0 aromatic rings. The average Bonchev–Trinajstić information content (AvgIpc) is 1.61. The van der Waals surface area contributed by atoms with Crippen molar-refractivity contribution in [2.24, 2.45) is 0 Å². The van der Waals surface area contributed by atoms with Crippen molar-refractivity contribution in [1.82, 2.24) is 9.80 Å². The Labute approximate surface area is 86.6 Å². The molecule has 0 N–H and O–H groups in total. The molecule has 0 atom stereocenters. The van der Waals surface area contributed by atoms with Gasteiger partial charge >= 0.3 is 0 Å². The van der Waals surface area contributed by atoms with Crippen molar-refractivity contribution in [1.29, 1.82) is 0 Å². The van der Waals surface area contributed by atoms with E-state index in [2.05, 4.69) is 38.0 Å².